The molecule has 0 aliphatic heterocycles. The summed E-state index contributed by atoms with van der Waals surface area (Å²) < 4.78 is 0. The lowest BCUT2D eigenvalue weighted by molar-refractivity contribution is 0.0896. The van der Waals surface area contributed by atoms with Gasteiger partial charge in [-0.1, -0.05) is 31.0 Å². The molecule has 0 unspecified atom stereocenters. The van der Waals surface area contributed by atoms with Gasteiger partial charge in [0.25, 0.3) is 5.91 Å². The topological polar surface area (TPSA) is 48.1 Å². The van der Waals surface area contributed by atoms with Crippen LogP contribution >= 0.6 is 0 Å². The van der Waals surface area contributed by atoms with Gasteiger partial charge >= 0.3 is 0 Å². The molecule has 1 aromatic carbocycles. The molecule has 4 nitrogen and oxygen atoms in total. The van der Waals surface area contributed by atoms with Crippen molar-refractivity contribution < 1.29 is 4.79 Å². The molecule has 0 atom stereocenters. The Hall–Kier alpha value is -1.81. The van der Waals surface area contributed by atoms with Gasteiger partial charge in [0, 0.05) is 23.0 Å². The number of rotatable bonds is 4. The highest BCUT2D eigenvalue weighted by molar-refractivity contribution is 5.98. The molecule has 1 aliphatic carbocycles. The number of nitrogens with one attached hydrogen (secondary N) is 2. The van der Waals surface area contributed by atoms with Crippen molar-refractivity contribution in [3.05, 3.63) is 36.0 Å². The van der Waals surface area contributed by atoms with E-state index in [2.05, 4.69) is 29.3 Å². The van der Waals surface area contributed by atoms with E-state index in [-0.39, 0.29) is 11.4 Å². The molecule has 2 N–H and O–H groups in total. The Bertz CT molecular complexity index is 605. The summed E-state index contributed by atoms with van der Waals surface area (Å²) in [6.45, 7) is 0.716. The summed E-state index contributed by atoms with van der Waals surface area (Å²) >= 11 is 0. The molecule has 1 fully saturated rings. The lowest BCUT2D eigenvalue weighted by Crippen LogP contribution is -2.50. The van der Waals surface area contributed by atoms with E-state index in [1.165, 1.54) is 12.8 Å². The summed E-state index contributed by atoms with van der Waals surface area (Å²) in [4.78, 5) is 17.8. The fourth-order valence-corrected chi connectivity index (χ4v) is 3.35. The second-order valence-corrected chi connectivity index (χ2v) is 6.28. The molecule has 0 bridgehead atoms. The van der Waals surface area contributed by atoms with Gasteiger partial charge in [-0.2, -0.15) is 0 Å². The van der Waals surface area contributed by atoms with Crippen molar-refractivity contribution in [2.45, 2.75) is 31.2 Å². The third-order valence-corrected chi connectivity index (χ3v) is 4.84. The molecular formula is C17H23N3O. The number of para-hydroxylation sites is 1. The Labute approximate surface area is 125 Å². The summed E-state index contributed by atoms with van der Waals surface area (Å²) in [6, 6.07) is 9.88. The highest BCUT2D eigenvalue weighted by atomic mass is 16.1. The fourth-order valence-electron chi connectivity index (χ4n) is 3.35. The average molecular weight is 285 g/mol. The van der Waals surface area contributed by atoms with Crippen LogP contribution in [0.2, 0.25) is 0 Å². The molecule has 3 rings (SSSR count). The zero-order valence-corrected chi connectivity index (χ0v) is 12.8. The zero-order valence-electron chi connectivity index (χ0n) is 12.8. The minimum Gasteiger partial charge on any atom is -0.351 e. The minimum atomic E-state index is -0.0145. The number of amides is 1. The number of aromatic amines is 1. The third-order valence-electron chi connectivity index (χ3n) is 4.84. The van der Waals surface area contributed by atoms with E-state index >= 15 is 0 Å². The van der Waals surface area contributed by atoms with Crippen molar-refractivity contribution >= 4 is 16.8 Å². The van der Waals surface area contributed by atoms with Gasteiger partial charge in [0.2, 0.25) is 0 Å². The van der Waals surface area contributed by atoms with E-state index in [0.717, 1.165) is 23.7 Å². The molecule has 0 radical (unpaired) electrons. The summed E-state index contributed by atoms with van der Waals surface area (Å²) in [5.41, 5.74) is 1.77. The lowest BCUT2D eigenvalue weighted by Gasteiger charge is -2.36. The van der Waals surface area contributed by atoms with Crippen LogP contribution in [0.4, 0.5) is 0 Å². The average Bonchev–Trinajstić information content (AvgIpc) is 3.12. The first kappa shape index (κ1) is 14.1. The SMILES string of the molecule is CN(C)C1(CNC(=O)c2cc3ccccc3[nH]2)CCCC1. The fraction of sp³-hybridized carbons (Fsp3) is 0.471. The molecule has 4 heteroatoms. The summed E-state index contributed by atoms with van der Waals surface area (Å²) in [6.07, 6.45) is 4.82. The molecule has 112 valence electrons. The number of carbonyl (C=O) groups excluding carboxylic acids is 1. The van der Waals surface area contributed by atoms with Crippen molar-refractivity contribution in [3.63, 3.8) is 0 Å². The van der Waals surface area contributed by atoms with Gasteiger partial charge < -0.3 is 15.2 Å². The second kappa shape index (κ2) is 5.53. The van der Waals surface area contributed by atoms with E-state index in [0.29, 0.717) is 12.2 Å². The number of benzene rings is 1. The largest absolute Gasteiger partial charge is 0.351 e. The Morgan fingerprint density at radius 3 is 2.67 bits per heavy atom. The van der Waals surface area contributed by atoms with E-state index in [4.69, 9.17) is 0 Å². The molecule has 2 aromatic rings. The Morgan fingerprint density at radius 2 is 2.00 bits per heavy atom. The van der Waals surface area contributed by atoms with Crippen LogP contribution < -0.4 is 5.32 Å². The van der Waals surface area contributed by atoms with Gasteiger partial charge in [0.15, 0.2) is 0 Å². The molecule has 0 spiro atoms. The molecule has 1 heterocycles. The minimum absolute atomic E-state index is 0.0145. The summed E-state index contributed by atoms with van der Waals surface area (Å²) in [7, 11) is 4.22. The predicted octanol–water partition coefficient (Wildman–Crippen LogP) is 2.77. The Balaban J connectivity index is 1.71. The van der Waals surface area contributed by atoms with Crippen LogP contribution in [0.1, 0.15) is 36.2 Å². The van der Waals surface area contributed by atoms with Crippen LogP contribution in [0, 0.1) is 0 Å². The highest BCUT2D eigenvalue weighted by Crippen LogP contribution is 2.33. The monoisotopic (exact) mass is 285 g/mol. The molecule has 1 aliphatic rings. The predicted molar refractivity (Wildman–Crippen MR) is 85.5 cm³/mol. The number of carbonyl (C=O) groups is 1. The molecule has 1 saturated carbocycles. The summed E-state index contributed by atoms with van der Waals surface area (Å²) in [5, 5.41) is 4.19. The molecule has 1 aromatic heterocycles. The second-order valence-electron chi connectivity index (χ2n) is 6.28. The molecule has 21 heavy (non-hydrogen) atoms. The highest BCUT2D eigenvalue weighted by Gasteiger charge is 2.36. The van der Waals surface area contributed by atoms with Crippen molar-refractivity contribution in [1.82, 2.24) is 15.2 Å². The van der Waals surface area contributed by atoms with Gasteiger partial charge in [0.05, 0.1) is 0 Å². The van der Waals surface area contributed by atoms with Crippen LogP contribution in [-0.2, 0) is 0 Å². The van der Waals surface area contributed by atoms with Gasteiger partial charge in [0.1, 0.15) is 5.69 Å². The summed E-state index contributed by atoms with van der Waals surface area (Å²) in [5.74, 6) is -0.0145. The van der Waals surface area contributed by atoms with Gasteiger partial charge in [-0.25, -0.2) is 0 Å². The van der Waals surface area contributed by atoms with E-state index in [9.17, 15) is 4.79 Å². The van der Waals surface area contributed by atoms with E-state index < -0.39 is 0 Å². The van der Waals surface area contributed by atoms with E-state index in [1.807, 2.05) is 30.3 Å². The number of nitrogens with zero attached hydrogens (tertiary/aromatic N) is 1. The number of hydrogen-bond acceptors (Lipinski definition) is 2. The van der Waals surface area contributed by atoms with Crippen LogP contribution in [0.3, 0.4) is 0 Å². The third kappa shape index (κ3) is 2.68. The maximum atomic E-state index is 12.4. The zero-order chi connectivity index (χ0) is 14.9. The van der Waals surface area contributed by atoms with Crippen LogP contribution in [-0.4, -0.2) is 42.0 Å². The van der Waals surface area contributed by atoms with Gasteiger partial charge in [-0.05, 0) is 39.1 Å². The smallest absolute Gasteiger partial charge is 0.267 e. The Morgan fingerprint density at radius 1 is 1.29 bits per heavy atom. The Kier molecular flexibility index (Phi) is 3.72. The number of aromatic nitrogens is 1. The first-order valence-corrected chi connectivity index (χ1v) is 7.64. The standard InChI is InChI=1S/C17H23N3O/c1-20(2)17(9-5-6-10-17)12-18-16(21)15-11-13-7-3-4-8-14(13)19-15/h3-4,7-8,11,19H,5-6,9-10,12H2,1-2H3,(H,18,21). The van der Waals surface area contributed by atoms with Gasteiger partial charge in [-0.15, -0.1) is 0 Å². The number of fused-ring (bicyclic) bond motifs is 1. The van der Waals surface area contributed by atoms with Crippen LogP contribution in [0.25, 0.3) is 10.9 Å². The maximum absolute atomic E-state index is 12.4. The van der Waals surface area contributed by atoms with Crippen molar-refractivity contribution in [1.29, 1.82) is 0 Å². The normalized spacial score (nSPS) is 17.5. The van der Waals surface area contributed by atoms with Crippen LogP contribution in [0.5, 0.6) is 0 Å². The van der Waals surface area contributed by atoms with Gasteiger partial charge in [-0.3, -0.25) is 4.79 Å². The first-order chi connectivity index (χ1) is 10.1. The number of hydrogen-bond donors (Lipinski definition) is 2. The van der Waals surface area contributed by atoms with Crippen LogP contribution in [0.15, 0.2) is 30.3 Å². The first-order valence-electron chi connectivity index (χ1n) is 7.64. The molecule has 0 saturated heterocycles. The van der Waals surface area contributed by atoms with E-state index in [1.54, 1.807) is 0 Å². The maximum Gasteiger partial charge on any atom is 0.267 e. The quantitative estimate of drug-likeness (QED) is 0.907. The molecule has 1 amide bonds. The lowest BCUT2D eigenvalue weighted by atomic mass is 9.96. The van der Waals surface area contributed by atoms with Crippen molar-refractivity contribution in [2.24, 2.45) is 0 Å². The molecular weight excluding hydrogens is 262 g/mol. The number of H-pyrrole nitrogens is 1. The number of likely N-dealkylation sites (N-methyl/N-ethyl adjacent to an activating group) is 1. The van der Waals surface area contributed by atoms with Crippen molar-refractivity contribution in [2.75, 3.05) is 20.6 Å². The van der Waals surface area contributed by atoms with Crippen molar-refractivity contribution in [3.8, 4) is 0 Å².